The largest absolute Gasteiger partial charge is 0.481 e. The predicted molar refractivity (Wildman–Crippen MR) is 80.3 cm³/mol. The van der Waals surface area contributed by atoms with Gasteiger partial charge in [0.15, 0.2) is 0 Å². The number of rotatable bonds is 4. The molecule has 0 spiro atoms. The summed E-state index contributed by atoms with van der Waals surface area (Å²) in [4.78, 5) is 14.7. The highest BCUT2D eigenvalue weighted by molar-refractivity contribution is 7.98. The number of carboxylic acids is 1. The van der Waals surface area contributed by atoms with Gasteiger partial charge in [0.1, 0.15) is 0 Å². The first-order valence-electron chi connectivity index (χ1n) is 6.79. The van der Waals surface area contributed by atoms with E-state index in [1.165, 1.54) is 29.8 Å². The number of thioether (sulfide) groups is 1. The average molecular weight is 279 g/mol. The fourth-order valence-corrected chi connectivity index (χ4v) is 3.16. The van der Waals surface area contributed by atoms with Gasteiger partial charge in [0.05, 0.1) is 11.6 Å². The van der Waals surface area contributed by atoms with E-state index in [0.717, 1.165) is 18.7 Å². The number of piperidine rings is 1. The Kier molecular flexibility index (Phi) is 4.75. The van der Waals surface area contributed by atoms with Crippen LogP contribution in [-0.2, 0) is 4.79 Å². The van der Waals surface area contributed by atoms with Crippen molar-refractivity contribution in [3.8, 4) is 0 Å². The van der Waals surface area contributed by atoms with Crippen LogP contribution in [0.5, 0.6) is 0 Å². The minimum absolute atomic E-state index is 0.443. The van der Waals surface area contributed by atoms with Crippen LogP contribution in [0.15, 0.2) is 23.1 Å². The summed E-state index contributed by atoms with van der Waals surface area (Å²) in [6.45, 7) is 3.96. The summed E-state index contributed by atoms with van der Waals surface area (Å²) >= 11 is 1.70. The molecule has 1 N–H and O–H groups in total. The van der Waals surface area contributed by atoms with Gasteiger partial charge in [-0.1, -0.05) is 6.07 Å². The molecule has 1 heterocycles. The molecule has 4 heteroatoms. The number of carboxylic acid groups (broad SMARTS) is 1. The molecule has 3 nitrogen and oxygen atoms in total. The van der Waals surface area contributed by atoms with E-state index in [9.17, 15) is 4.79 Å². The van der Waals surface area contributed by atoms with E-state index in [0.29, 0.717) is 0 Å². The number of aliphatic carboxylic acids is 1. The van der Waals surface area contributed by atoms with Crippen molar-refractivity contribution in [3.05, 3.63) is 23.8 Å². The second-order valence-corrected chi connectivity index (χ2v) is 5.89. The van der Waals surface area contributed by atoms with E-state index >= 15 is 0 Å². The molecule has 0 radical (unpaired) electrons. The molecule has 0 amide bonds. The van der Waals surface area contributed by atoms with Gasteiger partial charge >= 0.3 is 5.97 Å². The Morgan fingerprint density at radius 2 is 2.00 bits per heavy atom. The summed E-state index contributed by atoms with van der Waals surface area (Å²) in [5.74, 6) is -1.21. The average Bonchev–Trinajstić information content (AvgIpc) is 2.46. The maximum Gasteiger partial charge on any atom is 0.310 e. The van der Waals surface area contributed by atoms with Crippen LogP contribution in [0, 0.1) is 0 Å². The molecule has 0 bridgehead atoms. The van der Waals surface area contributed by atoms with Gasteiger partial charge in [0.25, 0.3) is 0 Å². The molecule has 0 aliphatic carbocycles. The van der Waals surface area contributed by atoms with Crippen molar-refractivity contribution in [2.75, 3.05) is 24.2 Å². The Bertz CT molecular complexity index is 455. The first-order chi connectivity index (χ1) is 9.13. The monoisotopic (exact) mass is 279 g/mol. The minimum Gasteiger partial charge on any atom is -0.481 e. The molecule has 1 aliphatic heterocycles. The van der Waals surface area contributed by atoms with Crippen LogP contribution < -0.4 is 4.90 Å². The summed E-state index contributed by atoms with van der Waals surface area (Å²) in [6, 6.07) is 6.09. The Hall–Kier alpha value is -1.16. The van der Waals surface area contributed by atoms with Gasteiger partial charge in [-0.15, -0.1) is 11.8 Å². The Labute approximate surface area is 119 Å². The molecule has 1 aromatic rings. The lowest BCUT2D eigenvalue weighted by molar-refractivity contribution is -0.138. The van der Waals surface area contributed by atoms with Gasteiger partial charge in [-0.2, -0.15) is 0 Å². The fourth-order valence-electron chi connectivity index (χ4n) is 2.50. The molecule has 1 fully saturated rings. The number of nitrogens with zero attached hydrogens (tertiary/aromatic N) is 1. The normalized spacial score (nSPS) is 17.3. The first-order valence-corrected chi connectivity index (χ1v) is 8.01. The summed E-state index contributed by atoms with van der Waals surface area (Å²) in [6.07, 6.45) is 5.87. The standard InChI is InChI=1S/C15H21NO2S/c1-11(15(17)18)12-6-7-13(14(10-12)19-2)16-8-4-3-5-9-16/h6-7,10-11H,3-5,8-9H2,1-2H3,(H,17,18). The van der Waals surface area contributed by atoms with Gasteiger partial charge in [-0.3, -0.25) is 4.79 Å². The third kappa shape index (κ3) is 3.24. The quantitative estimate of drug-likeness (QED) is 0.855. The molecule has 1 atom stereocenters. The zero-order valence-electron chi connectivity index (χ0n) is 11.6. The van der Waals surface area contributed by atoms with Crippen molar-refractivity contribution in [2.24, 2.45) is 0 Å². The first kappa shape index (κ1) is 14.3. The van der Waals surface area contributed by atoms with Gasteiger partial charge in [-0.05, 0) is 50.1 Å². The maximum atomic E-state index is 11.1. The molecule has 1 aromatic carbocycles. The highest BCUT2D eigenvalue weighted by atomic mass is 32.2. The Morgan fingerprint density at radius 1 is 1.32 bits per heavy atom. The number of carbonyl (C=O) groups is 1. The minimum atomic E-state index is -0.766. The summed E-state index contributed by atoms with van der Waals surface area (Å²) in [7, 11) is 0. The van der Waals surface area contributed by atoms with Gasteiger partial charge in [0, 0.05) is 18.0 Å². The van der Waals surface area contributed by atoms with Crippen molar-refractivity contribution in [1.82, 2.24) is 0 Å². The van der Waals surface area contributed by atoms with Crippen LogP contribution in [0.2, 0.25) is 0 Å². The molecular weight excluding hydrogens is 258 g/mol. The number of hydrogen-bond acceptors (Lipinski definition) is 3. The Balaban J connectivity index is 2.27. The van der Waals surface area contributed by atoms with Crippen LogP contribution in [0.1, 0.15) is 37.7 Å². The Morgan fingerprint density at radius 3 is 2.58 bits per heavy atom. The number of benzene rings is 1. The van der Waals surface area contributed by atoms with Crippen LogP contribution in [0.4, 0.5) is 5.69 Å². The van der Waals surface area contributed by atoms with Crippen LogP contribution in [-0.4, -0.2) is 30.4 Å². The lowest BCUT2D eigenvalue weighted by Gasteiger charge is -2.30. The van der Waals surface area contributed by atoms with E-state index in [1.54, 1.807) is 18.7 Å². The second kappa shape index (κ2) is 6.33. The van der Waals surface area contributed by atoms with Crippen LogP contribution >= 0.6 is 11.8 Å². The molecule has 1 unspecified atom stereocenters. The third-order valence-corrected chi connectivity index (χ3v) is 4.54. The maximum absolute atomic E-state index is 11.1. The van der Waals surface area contributed by atoms with Crippen molar-refractivity contribution >= 4 is 23.4 Å². The fraction of sp³-hybridized carbons (Fsp3) is 0.533. The smallest absolute Gasteiger partial charge is 0.310 e. The zero-order chi connectivity index (χ0) is 13.8. The van der Waals surface area contributed by atoms with E-state index < -0.39 is 11.9 Å². The molecule has 1 aliphatic rings. The van der Waals surface area contributed by atoms with Crippen LogP contribution in [0.25, 0.3) is 0 Å². The molecule has 19 heavy (non-hydrogen) atoms. The van der Waals surface area contributed by atoms with Gasteiger partial charge in [-0.25, -0.2) is 0 Å². The van der Waals surface area contributed by atoms with E-state index in [-0.39, 0.29) is 0 Å². The molecule has 1 saturated heterocycles. The molecule has 104 valence electrons. The van der Waals surface area contributed by atoms with Gasteiger partial charge < -0.3 is 10.0 Å². The number of anilines is 1. The van der Waals surface area contributed by atoms with Crippen molar-refractivity contribution in [3.63, 3.8) is 0 Å². The third-order valence-electron chi connectivity index (χ3n) is 3.77. The lowest BCUT2D eigenvalue weighted by atomic mass is 10.0. The molecule has 2 rings (SSSR count). The van der Waals surface area contributed by atoms with E-state index in [2.05, 4.69) is 17.2 Å². The second-order valence-electron chi connectivity index (χ2n) is 5.04. The summed E-state index contributed by atoms with van der Waals surface area (Å²) in [5.41, 5.74) is 2.14. The predicted octanol–water partition coefficient (Wildman–Crippen LogP) is 3.59. The lowest BCUT2D eigenvalue weighted by Crippen LogP contribution is -2.29. The van der Waals surface area contributed by atoms with Crippen molar-refractivity contribution in [2.45, 2.75) is 37.0 Å². The van der Waals surface area contributed by atoms with Crippen LogP contribution in [0.3, 0.4) is 0 Å². The topological polar surface area (TPSA) is 40.5 Å². The highest BCUT2D eigenvalue weighted by Gasteiger charge is 2.18. The van der Waals surface area contributed by atoms with E-state index in [1.807, 2.05) is 12.1 Å². The molecular formula is C15H21NO2S. The van der Waals surface area contributed by atoms with Crippen molar-refractivity contribution in [1.29, 1.82) is 0 Å². The molecule has 0 saturated carbocycles. The number of hydrogen-bond donors (Lipinski definition) is 1. The zero-order valence-corrected chi connectivity index (χ0v) is 12.4. The van der Waals surface area contributed by atoms with E-state index in [4.69, 9.17) is 5.11 Å². The van der Waals surface area contributed by atoms with Gasteiger partial charge in [0.2, 0.25) is 0 Å². The summed E-state index contributed by atoms with van der Waals surface area (Å²) < 4.78 is 0. The highest BCUT2D eigenvalue weighted by Crippen LogP contribution is 2.33. The SMILES string of the molecule is CSc1cc(C(C)C(=O)O)ccc1N1CCCCC1. The van der Waals surface area contributed by atoms with Crippen molar-refractivity contribution < 1.29 is 9.90 Å². The summed E-state index contributed by atoms with van der Waals surface area (Å²) in [5, 5.41) is 9.10. The molecule has 0 aromatic heterocycles.